The second-order valence-corrected chi connectivity index (χ2v) is 5.67. The molecule has 1 amide bonds. The number of aliphatic hydroxyl groups is 1. The molecule has 0 unspecified atom stereocenters. The van der Waals surface area contributed by atoms with Crippen LogP contribution in [0.1, 0.15) is 29.6 Å². The Kier molecular flexibility index (Phi) is 4.65. The predicted molar refractivity (Wildman–Crippen MR) is 81.6 cm³/mol. The smallest absolute Gasteiger partial charge is 0.255 e. The van der Waals surface area contributed by atoms with Crippen LogP contribution >= 0.6 is 0 Å². The van der Waals surface area contributed by atoms with E-state index in [1.54, 1.807) is 16.8 Å². The Morgan fingerprint density at radius 2 is 2.23 bits per heavy atom. The van der Waals surface area contributed by atoms with Gasteiger partial charge in [-0.15, -0.1) is 10.2 Å². The van der Waals surface area contributed by atoms with Crippen molar-refractivity contribution in [1.82, 2.24) is 24.8 Å². The van der Waals surface area contributed by atoms with Crippen LogP contribution in [-0.4, -0.2) is 62.8 Å². The maximum Gasteiger partial charge on any atom is 0.255 e. The number of pyridine rings is 1. The van der Waals surface area contributed by atoms with Gasteiger partial charge in [0, 0.05) is 25.8 Å². The van der Waals surface area contributed by atoms with Gasteiger partial charge in [-0.05, 0) is 37.9 Å². The van der Waals surface area contributed by atoms with Crippen LogP contribution in [0.2, 0.25) is 0 Å². The Labute approximate surface area is 129 Å². The van der Waals surface area contributed by atoms with Crippen molar-refractivity contribution in [3.63, 3.8) is 0 Å². The van der Waals surface area contributed by atoms with Gasteiger partial charge < -0.3 is 15.3 Å². The number of fused-ring (bicyclic) bond motifs is 1. The molecule has 2 aromatic rings. The first-order valence-corrected chi connectivity index (χ1v) is 7.71. The first-order valence-electron chi connectivity index (χ1n) is 7.71. The lowest BCUT2D eigenvalue weighted by Crippen LogP contribution is -2.37. The molecule has 1 fully saturated rings. The second kappa shape index (κ2) is 6.85. The van der Waals surface area contributed by atoms with Crippen LogP contribution in [0.15, 0.2) is 24.7 Å². The molecular formula is C15H21N5O2. The number of aliphatic hydroxyl groups excluding tert-OH is 1. The summed E-state index contributed by atoms with van der Waals surface area (Å²) in [5.41, 5.74) is 1.12. The monoisotopic (exact) mass is 303 g/mol. The minimum Gasteiger partial charge on any atom is -0.393 e. The number of rotatable bonds is 5. The summed E-state index contributed by atoms with van der Waals surface area (Å²) in [6, 6.07) is 3.57. The molecule has 2 aromatic heterocycles. The Hall–Kier alpha value is -1.99. The molecule has 0 aliphatic carbocycles. The summed E-state index contributed by atoms with van der Waals surface area (Å²) in [5, 5.41) is 20.2. The van der Waals surface area contributed by atoms with Gasteiger partial charge in [-0.25, -0.2) is 0 Å². The Morgan fingerprint density at radius 3 is 3.05 bits per heavy atom. The number of hydrogen-bond donors (Lipinski definition) is 2. The van der Waals surface area contributed by atoms with E-state index >= 15 is 0 Å². The van der Waals surface area contributed by atoms with E-state index in [2.05, 4.69) is 20.4 Å². The van der Waals surface area contributed by atoms with E-state index in [0.717, 1.165) is 38.9 Å². The summed E-state index contributed by atoms with van der Waals surface area (Å²) in [7, 11) is 0. The van der Waals surface area contributed by atoms with Crippen LogP contribution in [0.5, 0.6) is 0 Å². The maximum atomic E-state index is 12.2. The van der Waals surface area contributed by atoms with Gasteiger partial charge in [0.1, 0.15) is 6.33 Å². The van der Waals surface area contributed by atoms with Crippen molar-refractivity contribution >= 4 is 11.6 Å². The number of piperidine rings is 1. The molecule has 0 atom stereocenters. The number of aromatic nitrogens is 3. The largest absolute Gasteiger partial charge is 0.393 e. The third-order valence-corrected chi connectivity index (χ3v) is 4.06. The van der Waals surface area contributed by atoms with Crippen LogP contribution < -0.4 is 5.32 Å². The van der Waals surface area contributed by atoms with Gasteiger partial charge in [0.15, 0.2) is 5.65 Å². The number of nitrogens with one attached hydrogen (secondary N) is 1. The molecule has 118 valence electrons. The maximum absolute atomic E-state index is 12.2. The molecule has 7 heteroatoms. The standard InChI is InChI=1S/C15H21N5O2/c21-12-4-9-19(10-5-12)7-2-6-16-15(22)13-3-1-8-20-11-17-18-14(13)20/h1,3,8,11-12,21H,2,4-7,9-10H2,(H,16,22). The fraction of sp³-hybridized carbons (Fsp3) is 0.533. The van der Waals surface area contributed by atoms with Gasteiger partial charge in [0.2, 0.25) is 0 Å². The molecule has 0 aromatic carbocycles. The normalized spacial score (nSPS) is 17.0. The lowest BCUT2D eigenvalue weighted by atomic mass is 10.1. The number of nitrogens with zero attached hydrogens (tertiary/aromatic N) is 4. The average molecular weight is 303 g/mol. The summed E-state index contributed by atoms with van der Waals surface area (Å²) in [6.07, 6.45) is 5.85. The molecule has 3 heterocycles. The third kappa shape index (κ3) is 3.42. The van der Waals surface area contributed by atoms with E-state index in [0.29, 0.717) is 17.8 Å². The van der Waals surface area contributed by atoms with Crippen molar-refractivity contribution in [3.8, 4) is 0 Å². The van der Waals surface area contributed by atoms with Gasteiger partial charge >= 0.3 is 0 Å². The second-order valence-electron chi connectivity index (χ2n) is 5.67. The molecule has 0 bridgehead atoms. The van der Waals surface area contributed by atoms with Gasteiger partial charge in [-0.2, -0.15) is 0 Å². The van der Waals surface area contributed by atoms with Crippen molar-refractivity contribution < 1.29 is 9.90 Å². The molecule has 7 nitrogen and oxygen atoms in total. The zero-order valence-electron chi connectivity index (χ0n) is 12.5. The first kappa shape index (κ1) is 14.9. The third-order valence-electron chi connectivity index (χ3n) is 4.06. The lowest BCUT2D eigenvalue weighted by Gasteiger charge is -2.29. The zero-order chi connectivity index (χ0) is 15.4. The number of likely N-dealkylation sites (tertiary alicyclic amines) is 1. The highest BCUT2D eigenvalue weighted by atomic mass is 16.3. The molecule has 0 radical (unpaired) electrons. The van der Waals surface area contributed by atoms with Gasteiger partial charge in [0.05, 0.1) is 11.7 Å². The van der Waals surface area contributed by atoms with Crippen LogP contribution in [0.3, 0.4) is 0 Å². The number of hydrogen-bond acceptors (Lipinski definition) is 5. The van der Waals surface area contributed by atoms with E-state index in [9.17, 15) is 9.90 Å². The SMILES string of the molecule is O=C(NCCCN1CCC(O)CC1)c1cccn2cnnc12. The summed E-state index contributed by atoms with van der Waals surface area (Å²) < 4.78 is 1.73. The summed E-state index contributed by atoms with van der Waals surface area (Å²) in [5.74, 6) is -0.118. The van der Waals surface area contributed by atoms with Crippen LogP contribution in [0, 0.1) is 0 Å². The summed E-state index contributed by atoms with van der Waals surface area (Å²) in [6.45, 7) is 3.46. The highest BCUT2D eigenvalue weighted by Gasteiger charge is 2.16. The van der Waals surface area contributed by atoms with Gasteiger partial charge in [-0.1, -0.05) is 0 Å². The fourth-order valence-electron chi connectivity index (χ4n) is 2.77. The molecule has 1 aliphatic rings. The molecular weight excluding hydrogens is 282 g/mol. The Bertz CT molecular complexity index is 634. The average Bonchev–Trinajstić information content (AvgIpc) is 3.01. The van der Waals surface area contributed by atoms with E-state index in [-0.39, 0.29) is 12.0 Å². The van der Waals surface area contributed by atoms with Crippen molar-refractivity contribution in [2.45, 2.75) is 25.4 Å². The summed E-state index contributed by atoms with van der Waals surface area (Å²) in [4.78, 5) is 14.5. The van der Waals surface area contributed by atoms with Gasteiger partial charge in [-0.3, -0.25) is 9.20 Å². The van der Waals surface area contributed by atoms with Gasteiger partial charge in [0.25, 0.3) is 5.91 Å². The molecule has 2 N–H and O–H groups in total. The molecule has 1 saturated heterocycles. The number of carbonyl (C=O) groups excluding carboxylic acids is 1. The Morgan fingerprint density at radius 1 is 1.41 bits per heavy atom. The van der Waals surface area contributed by atoms with Crippen LogP contribution in [0.4, 0.5) is 0 Å². The van der Waals surface area contributed by atoms with Crippen molar-refractivity contribution in [2.24, 2.45) is 0 Å². The van der Waals surface area contributed by atoms with E-state index in [4.69, 9.17) is 0 Å². The van der Waals surface area contributed by atoms with E-state index < -0.39 is 0 Å². The number of carbonyl (C=O) groups is 1. The molecule has 22 heavy (non-hydrogen) atoms. The van der Waals surface area contributed by atoms with Crippen molar-refractivity contribution in [1.29, 1.82) is 0 Å². The van der Waals surface area contributed by atoms with Crippen LogP contribution in [-0.2, 0) is 0 Å². The Balaban J connectivity index is 1.46. The van der Waals surface area contributed by atoms with E-state index in [1.807, 2.05) is 12.3 Å². The molecule has 1 aliphatic heterocycles. The highest BCUT2D eigenvalue weighted by molar-refractivity contribution is 5.99. The van der Waals surface area contributed by atoms with Crippen LogP contribution in [0.25, 0.3) is 5.65 Å². The minimum absolute atomic E-state index is 0.118. The zero-order valence-corrected chi connectivity index (χ0v) is 12.5. The number of amides is 1. The minimum atomic E-state index is -0.139. The highest BCUT2D eigenvalue weighted by Crippen LogP contribution is 2.10. The fourth-order valence-corrected chi connectivity index (χ4v) is 2.77. The van der Waals surface area contributed by atoms with Crippen molar-refractivity contribution in [2.75, 3.05) is 26.2 Å². The molecule has 0 saturated carbocycles. The predicted octanol–water partition coefficient (Wildman–Crippen LogP) is 0.306. The lowest BCUT2D eigenvalue weighted by molar-refractivity contribution is 0.0816. The molecule has 0 spiro atoms. The van der Waals surface area contributed by atoms with Crippen molar-refractivity contribution in [3.05, 3.63) is 30.2 Å². The van der Waals surface area contributed by atoms with E-state index in [1.165, 1.54) is 0 Å². The molecule has 3 rings (SSSR count). The summed E-state index contributed by atoms with van der Waals surface area (Å²) >= 11 is 0. The topological polar surface area (TPSA) is 82.8 Å². The quantitative estimate of drug-likeness (QED) is 0.777. The first-order chi connectivity index (χ1) is 10.7.